The number of unbranched alkanes of at least 4 members (excludes halogenated alkanes) is 1. The van der Waals surface area contributed by atoms with Crippen LogP contribution in [0.4, 0.5) is 4.39 Å². The lowest BCUT2D eigenvalue weighted by Crippen LogP contribution is -2.00. The molecule has 0 aliphatic carbocycles. The first kappa shape index (κ1) is 13.2. The van der Waals surface area contributed by atoms with Crippen LogP contribution in [0.5, 0.6) is 5.75 Å². The van der Waals surface area contributed by atoms with Crippen LogP contribution in [0.2, 0.25) is 0 Å². The normalized spacial score (nSPS) is 10.2. The van der Waals surface area contributed by atoms with Gasteiger partial charge in [0.05, 0.1) is 7.11 Å². The average Bonchev–Trinajstić information content (AvgIpc) is 2.29. The van der Waals surface area contributed by atoms with E-state index in [1.165, 1.54) is 19.2 Å². The highest BCUT2D eigenvalue weighted by Crippen LogP contribution is 2.19. The first-order valence-corrected chi connectivity index (χ1v) is 6.24. The van der Waals surface area contributed by atoms with Crippen molar-refractivity contribution in [1.29, 1.82) is 0 Å². The molecule has 1 rings (SSSR count). The van der Waals surface area contributed by atoms with Gasteiger partial charge in [0, 0.05) is 17.3 Å². The largest absolute Gasteiger partial charge is 0.494 e. The third-order valence-corrected chi connectivity index (χ3v) is 2.82. The monoisotopic (exact) mass is 288 g/mol. The van der Waals surface area contributed by atoms with E-state index in [4.69, 9.17) is 4.74 Å². The zero-order valence-electron chi connectivity index (χ0n) is 9.13. The molecule has 88 valence electrons. The molecule has 2 nitrogen and oxygen atoms in total. The van der Waals surface area contributed by atoms with Crippen molar-refractivity contribution >= 4 is 21.7 Å². The molecule has 0 aliphatic rings. The molecule has 1 aromatic carbocycles. The number of alkyl halides is 1. The molecule has 0 aromatic heterocycles. The van der Waals surface area contributed by atoms with Crippen LogP contribution in [-0.4, -0.2) is 18.2 Å². The number of methoxy groups -OCH3 is 1. The molecule has 16 heavy (non-hydrogen) atoms. The Hall–Kier alpha value is -0.900. The maximum absolute atomic E-state index is 13.3. The predicted molar refractivity (Wildman–Crippen MR) is 64.9 cm³/mol. The van der Waals surface area contributed by atoms with E-state index < -0.39 is 5.82 Å². The maximum atomic E-state index is 13.3. The van der Waals surface area contributed by atoms with E-state index in [-0.39, 0.29) is 11.5 Å². The smallest absolute Gasteiger partial charge is 0.165 e. The number of halogens is 2. The summed E-state index contributed by atoms with van der Waals surface area (Å²) in [4.78, 5) is 11.6. The topological polar surface area (TPSA) is 26.3 Å². The lowest BCUT2D eigenvalue weighted by atomic mass is 10.1. The fraction of sp³-hybridized carbons (Fsp3) is 0.417. The molecule has 0 N–H and O–H groups in total. The van der Waals surface area contributed by atoms with Gasteiger partial charge in [-0.1, -0.05) is 15.9 Å². The summed E-state index contributed by atoms with van der Waals surface area (Å²) in [6, 6.07) is 4.31. The number of carbonyl (C=O) groups is 1. The zero-order chi connectivity index (χ0) is 12.0. The van der Waals surface area contributed by atoms with Gasteiger partial charge in [-0.3, -0.25) is 4.79 Å². The Morgan fingerprint density at radius 3 is 2.75 bits per heavy atom. The van der Waals surface area contributed by atoms with Crippen LogP contribution in [0.3, 0.4) is 0 Å². The molecule has 0 saturated carbocycles. The fourth-order valence-corrected chi connectivity index (χ4v) is 1.76. The Labute approximate surface area is 103 Å². The minimum Gasteiger partial charge on any atom is -0.494 e. The van der Waals surface area contributed by atoms with Gasteiger partial charge in [0.25, 0.3) is 0 Å². The van der Waals surface area contributed by atoms with E-state index in [1.54, 1.807) is 6.07 Å². The lowest BCUT2D eigenvalue weighted by molar-refractivity contribution is 0.0979. The van der Waals surface area contributed by atoms with Gasteiger partial charge in [-0.2, -0.15) is 0 Å². The van der Waals surface area contributed by atoms with E-state index in [0.717, 1.165) is 18.2 Å². The highest BCUT2D eigenvalue weighted by molar-refractivity contribution is 9.09. The average molecular weight is 289 g/mol. The number of rotatable bonds is 6. The van der Waals surface area contributed by atoms with E-state index >= 15 is 0 Å². The predicted octanol–water partition coefficient (Wildman–Crippen LogP) is 3.58. The molecule has 0 heterocycles. The van der Waals surface area contributed by atoms with Crippen LogP contribution in [0, 0.1) is 5.82 Å². The van der Waals surface area contributed by atoms with Crippen LogP contribution < -0.4 is 4.74 Å². The number of ether oxygens (including phenoxy) is 1. The molecular weight excluding hydrogens is 275 g/mol. The van der Waals surface area contributed by atoms with Crippen molar-refractivity contribution in [3.05, 3.63) is 29.6 Å². The van der Waals surface area contributed by atoms with E-state index in [1.807, 2.05) is 0 Å². The zero-order valence-corrected chi connectivity index (χ0v) is 10.7. The number of carbonyl (C=O) groups excluding carboxylic acids is 1. The van der Waals surface area contributed by atoms with Crippen molar-refractivity contribution in [2.45, 2.75) is 19.3 Å². The SMILES string of the molecule is COc1ccc(C(=O)CCCCBr)cc1F. The molecule has 0 saturated heterocycles. The van der Waals surface area contributed by atoms with Gasteiger partial charge in [0.1, 0.15) is 0 Å². The summed E-state index contributed by atoms with van der Waals surface area (Å²) in [5, 5.41) is 0.886. The number of hydrogen-bond donors (Lipinski definition) is 0. The van der Waals surface area contributed by atoms with Crippen molar-refractivity contribution in [3.63, 3.8) is 0 Å². The highest BCUT2D eigenvalue weighted by Gasteiger charge is 2.09. The Balaban J connectivity index is 2.66. The Morgan fingerprint density at radius 1 is 1.44 bits per heavy atom. The van der Waals surface area contributed by atoms with Crippen LogP contribution >= 0.6 is 15.9 Å². The second-order valence-corrected chi connectivity index (χ2v) is 4.21. The minimum absolute atomic E-state index is 0.0255. The summed E-state index contributed by atoms with van der Waals surface area (Å²) in [6.45, 7) is 0. The Kier molecular flexibility index (Phi) is 5.46. The second-order valence-electron chi connectivity index (χ2n) is 3.42. The van der Waals surface area contributed by atoms with E-state index in [0.29, 0.717) is 12.0 Å². The van der Waals surface area contributed by atoms with Gasteiger partial charge in [0.15, 0.2) is 17.3 Å². The molecule has 0 amide bonds. The summed E-state index contributed by atoms with van der Waals surface area (Å²) in [5.41, 5.74) is 0.410. The van der Waals surface area contributed by atoms with E-state index in [9.17, 15) is 9.18 Å². The molecule has 0 radical (unpaired) electrons. The van der Waals surface area contributed by atoms with Gasteiger partial charge >= 0.3 is 0 Å². The van der Waals surface area contributed by atoms with Crippen LogP contribution in [0.25, 0.3) is 0 Å². The molecule has 0 bridgehead atoms. The van der Waals surface area contributed by atoms with Crippen molar-refractivity contribution in [3.8, 4) is 5.75 Å². The number of Topliss-reactive ketones (excluding diaryl/α,β-unsaturated/α-hetero) is 1. The number of ketones is 1. The van der Waals surface area contributed by atoms with Crippen LogP contribution in [0.1, 0.15) is 29.6 Å². The van der Waals surface area contributed by atoms with Gasteiger partial charge < -0.3 is 4.74 Å². The van der Waals surface area contributed by atoms with Crippen molar-refractivity contribution in [1.82, 2.24) is 0 Å². The van der Waals surface area contributed by atoms with E-state index in [2.05, 4.69) is 15.9 Å². The molecule has 0 unspecified atom stereocenters. The summed E-state index contributed by atoms with van der Waals surface area (Å²) >= 11 is 3.30. The van der Waals surface area contributed by atoms with Crippen LogP contribution in [0.15, 0.2) is 18.2 Å². The molecule has 0 aliphatic heterocycles. The standard InChI is InChI=1S/C12H14BrFO2/c1-16-12-6-5-9(8-10(12)14)11(15)4-2-3-7-13/h5-6,8H,2-4,7H2,1H3. The summed E-state index contributed by atoms with van der Waals surface area (Å²) in [7, 11) is 1.40. The molecule has 0 spiro atoms. The van der Waals surface area contributed by atoms with Crippen molar-refractivity contribution < 1.29 is 13.9 Å². The fourth-order valence-electron chi connectivity index (χ4n) is 1.36. The van der Waals surface area contributed by atoms with Gasteiger partial charge in [-0.05, 0) is 31.0 Å². The summed E-state index contributed by atoms with van der Waals surface area (Å²) < 4.78 is 18.1. The van der Waals surface area contributed by atoms with Gasteiger partial charge in [-0.25, -0.2) is 4.39 Å². The van der Waals surface area contributed by atoms with Crippen molar-refractivity contribution in [2.24, 2.45) is 0 Å². The minimum atomic E-state index is -0.492. The molecule has 0 fully saturated rings. The maximum Gasteiger partial charge on any atom is 0.165 e. The second kappa shape index (κ2) is 6.63. The Bertz CT molecular complexity index is 366. The lowest BCUT2D eigenvalue weighted by Gasteiger charge is -2.04. The third kappa shape index (κ3) is 3.59. The summed E-state index contributed by atoms with van der Waals surface area (Å²) in [6.07, 6.45) is 2.22. The third-order valence-electron chi connectivity index (χ3n) is 2.26. The van der Waals surface area contributed by atoms with Crippen molar-refractivity contribution in [2.75, 3.05) is 12.4 Å². The molecule has 0 atom stereocenters. The number of hydrogen-bond acceptors (Lipinski definition) is 2. The quantitative estimate of drug-likeness (QED) is 0.454. The highest BCUT2D eigenvalue weighted by atomic mass is 79.9. The van der Waals surface area contributed by atoms with Crippen LogP contribution in [-0.2, 0) is 0 Å². The first-order valence-electron chi connectivity index (χ1n) is 5.11. The molecule has 4 heteroatoms. The number of benzene rings is 1. The Morgan fingerprint density at radius 2 is 2.19 bits per heavy atom. The first-order chi connectivity index (χ1) is 7.69. The van der Waals surface area contributed by atoms with Gasteiger partial charge in [-0.15, -0.1) is 0 Å². The summed E-state index contributed by atoms with van der Waals surface area (Å²) in [5.74, 6) is -0.353. The molecule has 1 aromatic rings. The van der Waals surface area contributed by atoms with Gasteiger partial charge in [0.2, 0.25) is 0 Å². The molecular formula is C12H14BrFO2.